The van der Waals surface area contributed by atoms with Gasteiger partial charge in [0.2, 0.25) is 0 Å². The van der Waals surface area contributed by atoms with Crippen molar-refractivity contribution in [3.8, 4) is 17.0 Å². The molecule has 1 saturated heterocycles. The minimum atomic E-state index is -0.180. The largest absolute Gasteiger partial charge is 0.497 e. The quantitative estimate of drug-likeness (QED) is 0.738. The predicted octanol–water partition coefficient (Wildman–Crippen LogP) is 1.13. The average Bonchev–Trinajstić information content (AvgIpc) is 3.01. The van der Waals surface area contributed by atoms with Crippen LogP contribution < -0.4 is 10.4 Å². The predicted molar refractivity (Wildman–Crippen MR) is 97.4 cm³/mol. The molecule has 0 unspecified atom stereocenters. The molecular weight excluding hydrogens is 334 g/mol. The summed E-state index contributed by atoms with van der Waals surface area (Å²) >= 11 is 0. The number of morpholine rings is 1. The van der Waals surface area contributed by atoms with Gasteiger partial charge in [0.25, 0.3) is 0 Å². The van der Waals surface area contributed by atoms with Crippen molar-refractivity contribution in [2.75, 3.05) is 40.0 Å². The van der Waals surface area contributed by atoms with Gasteiger partial charge in [-0.25, -0.2) is 14.8 Å². The van der Waals surface area contributed by atoms with Gasteiger partial charge in [-0.2, -0.15) is 0 Å². The summed E-state index contributed by atoms with van der Waals surface area (Å²) in [4.78, 5) is 26.4. The number of nitrogens with zero attached hydrogens (tertiary/aromatic N) is 4. The van der Waals surface area contributed by atoms with Crippen LogP contribution in [0.5, 0.6) is 5.75 Å². The summed E-state index contributed by atoms with van der Waals surface area (Å²) in [7, 11) is 1.63. The van der Waals surface area contributed by atoms with Crippen LogP contribution in [-0.2, 0) is 11.3 Å². The molecule has 1 N–H and O–H groups in total. The molecule has 0 spiro atoms. The topological polar surface area (TPSA) is 85.3 Å². The normalized spacial score (nSPS) is 15.4. The second-order valence-electron chi connectivity index (χ2n) is 6.19. The fourth-order valence-corrected chi connectivity index (χ4v) is 3.10. The lowest BCUT2D eigenvalue weighted by Gasteiger charge is -2.26. The maximum atomic E-state index is 12.3. The van der Waals surface area contributed by atoms with E-state index in [9.17, 15) is 4.79 Å². The van der Waals surface area contributed by atoms with Gasteiger partial charge in [-0.05, 0) is 24.3 Å². The van der Waals surface area contributed by atoms with E-state index >= 15 is 0 Å². The smallest absolute Gasteiger partial charge is 0.328 e. The number of methoxy groups -OCH3 is 1. The molecule has 3 heterocycles. The Morgan fingerprint density at radius 2 is 1.96 bits per heavy atom. The van der Waals surface area contributed by atoms with E-state index in [4.69, 9.17) is 9.47 Å². The minimum absolute atomic E-state index is 0.180. The number of benzene rings is 1. The fourth-order valence-electron chi connectivity index (χ4n) is 3.10. The fraction of sp³-hybridized carbons (Fsp3) is 0.389. The molecule has 2 aromatic heterocycles. The molecule has 0 radical (unpaired) electrons. The lowest BCUT2D eigenvalue weighted by molar-refractivity contribution is 0.0364. The van der Waals surface area contributed by atoms with Gasteiger partial charge in [0.05, 0.1) is 32.2 Å². The Hall–Kier alpha value is -2.71. The molecule has 8 heteroatoms. The number of hydrogen-bond donors (Lipinski definition) is 1. The first-order valence-corrected chi connectivity index (χ1v) is 8.65. The van der Waals surface area contributed by atoms with Crippen molar-refractivity contribution in [3.05, 3.63) is 40.9 Å². The summed E-state index contributed by atoms with van der Waals surface area (Å²) in [6.07, 6.45) is 1.67. The molecule has 0 amide bonds. The lowest BCUT2D eigenvalue weighted by atomic mass is 10.1. The number of ether oxygens (including phenoxy) is 2. The molecule has 1 aromatic carbocycles. The zero-order chi connectivity index (χ0) is 17.9. The Morgan fingerprint density at radius 1 is 1.19 bits per heavy atom. The standard InChI is InChI=1S/C18H21N5O3/c1-25-14-4-2-13(3-5-14)15-12-19-16-17(20-15)23(18(24)21-16)7-6-22-8-10-26-11-9-22/h2-5,12H,6-11H2,1H3,(H,19,21,24). The van der Waals surface area contributed by atoms with Crippen molar-refractivity contribution in [1.82, 2.24) is 24.4 Å². The van der Waals surface area contributed by atoms with E-state index < -0.39 is 0 Å². The number of imidazole rings is 1. The third-order valence-electron chi connectivity index (χ3n) is 4.61. The summed E-state index contributed by atoms with van der Waals surface area (Å²) < 4.78 is 12.2. The molecule has 0 atom stereocenters. The lowest BCUT2D eigenvalue weighted by Crippen LogP contribution is -2.39. The Kier molecular flexibility index (Phi) is 4.68. The van der Waals surface area contributed by atoms with Crippen molar-refractivity contribution in [2.45, 2.75) is 6.54 Å². The van der Waals surface area contributed by atoms with E-state index in [1.165, 1.54) is 0 Å². The van der Waals surface area contributed by atoms with Crippen LogP contribution in [-0.4, -0.2) is 64.4 Å². The molecule has 0 saturated carbocycles. The van der Waals surface area contributed by atoms with E-state index in [1.807, 2.05) is 24.3 Å². The highest BCUT2D eigenvalue weighted by molar-refractivity contribution is 5.71. The Labute approximate surface area is 150 Å². The third kappa shape index (κ3) is 3.33. The van der Waals surface area contributed by atoms with Crippen molar-refractivity contribution in [2.24, 2.45) is 0 Å². The van der Waals surface area contributed by atoms with Crippen molar-refractivity contribution >= 4 is 11.3 Å². The molecule has 0 bridgehead atoms. The summed E-state index contributed by atoms with van der Waals surface area (Å²) in [6.45, 7) is 4.61. The Bertz CT molecular complexity index is 942. The van der Waals surface area contributed by atoms with Gasteiger partial charge in [0.1, 0.15) is 5.75 Å². The SMILES string of the molecule is COc1ccc(-c2cnc3[nH]c(=O)n(CCN4CCOCC4)c3n2)cc1. The highest BCUT2D eigenvalue weighted by Crippen LogP contribution is 2.21. The van der Waals surface area contributed by atoms with Crippen molar-refractivity contribution in [3.63, 3.8) is 0 Å². The third-order valence-corrected chi connectivity index (χ3v) is 4.61. The van der Waals surface area contributed by atoms with Crippen LogP contribution in [0.2, 0.25) is 0 Å². The number of rotatable bonds is 5. The molecule has 1 aliphatic heterocycles. The number of hydrogen-bond acceptors (Lipinski definition) is 6. The minimum Gasteiger partial charge on any atom is -0.497 e. The van der Waals surface area contributed by atoms with E-state index in [0.717, 1.165) is 49.9 Å². The number of aromatic amines is 1. The van der Waals surface area contributed by atoms with Gasteiger partial charge >= 0.3 is 5.69 Å². The molecule has 0 aliphatic carbocycles. The van der Waals surface area contributed by atoms with Gasteiger partial charge in [0.15, 0.2) is 11.3 Å². The van der Waals surface area contributed by atoms with Gasteiger partial charge in [-0.15, -0.1) is 0 Å². The number of fused-ring (bicyclic) bond motifs is 1. The summed E-state index contributed by atoms with van der Waals surface area (Å²) in [5.41, 5.74) is 2.55. The van der Waals surface area contributed by atoms with Crippen LogP contribution in [0.1, 0.15) is 0 Å². The van der Waals surface area contributed by atoms with E-state index in [-0.39, 0.29) is 5.69 Å². The van der Waals surface area contributed by atoms with Crippen LogP contribution in [0.4, 0.5) is 0 Å². The van der Waals surface area contributed by atoms with Gasteiger partial charge in [-0.1, -0.05) is 0 Å². The van der Waals surface area contributed by atoms with Gasteiger partial charge in [0, 0.05) is 31.7 Å². The zero-order valence-electron chi connectivity index (χ0n) is 14.6. The van der Waals surface area contributed by atoms with Crippen LogP contribution in [0, 0.1) is 0 Å². The molecule has 3 aromatic rings. The molecule has 136 valence electrons. The second kappa shape index (κ2) is 7.27. The van der Waals surface area contributed by atoms with Gasteiger partial charge in [-0.3, -0.25) is 14.5 Å². The molecule has 4 rings (SSSR count). The van der Waals surface area contributed by atoms with Gasteiger partial charge < -0.3 is 9.47 Å². The van der Waals surface area contributed by atoms with Crippen molar-refractivity contribution < 1.29 is 9.47 Å². The maximum absolute atomic E-state index is 12.3. The number of aromatic nitrogens is 4. The molecular formula is C18H21N5O3. The molecule has 26 heavy (non-hydrogen) atoms. The van der Waals surface area contributed by atoms with Crippen LogP contribution in [0.25, 0.3) is 22.6 Å². The summed E-state index contributed by atoms with van der Waals surface area (Å²) in [5, 5.41) is 0. The van der Waals surface area contributed by atoms with Crippen LogP contribution >= 0.6 is 0 Å². The monoisotopic (exact) mass is 355 g/mol. The maximum Gasteiger partial charge on any atom is 0.328 e. The molecule has 8 nitrogen and oxygen atoms in total. The Balaban J connectivity index is 1.62. The highest BCUT2D eigenvalue weighted by atomic mass is 16.5. The first-order valence-electron chi connectivity index (χ1n) is 8.65. The van der Waals surface area contributed by atoms with E-state index in [1.54, 1.807) is 17.9 Å². The molecule has 1 fully saturated rings. The Morgan fingerprint density at radius 3 is 2.69 bits per heavy atom. The summed E-state index contributed by atoms with van der Waals surface area (Å²) in [6, 6.07) is 7.61. The summed E-state index contributed by atoms with van der Waals surface area (Å²) in [5.74, 6) is 0.784. The number of nitrogens with one attached hydrogen (secondary N) is 1. The second-order valence-corrected chi connectivity index (χ2v) is 6.19. The first-order chi connectivity index (χ1) is 12.7. The molecule has 1 aliphatic rings. The van der Waals surface area contributed by atoms with Crippen molar-refractivity contribution in [1.29, 1.82) is 0 Å². The van der Waals surface area contributed by atoms with Crippen LogP contribution in [0.15, 0.2) is 35.3 Å². The zero-order valence-corrected chi connectivity index (χ0v) is 14.6. The van der Waals surface area contributed by atoms with E-state index in [0.29, 0.717) is 17.8 Å². The van der Waals surface area contributed by atoms with E-state index in [2.05, 4.69) is 19.9 Å². The highest BCUT2D eigenvalue weighted by Gasteiger charge is 2.14. The van der Waals surface area contributed by atoms with Crippen LogP contribution in [0.3, 0.4) is 0 Å². The first kappa shape index (κ1) is 16.7. The average molecular weight is 355 g/mol. The number of H-pyrrole nitrogens is 1.